The van der Waals surface area contributed by atoms with Crippen molar-refractivity contribution in [2.24, 2.45) is 7.05 Å². The highest BCUT2D eigenvalue weighted by molar-refractivity contribution is 5.86. The SMILES string of the molecule is CC(=O)NCC(C)(C)c1c[nH]c2cc(F)c(OCCOc3ccn(C)n3)cc12. The summed E-state index contributed by atoms with van der Waals surface area (Å²) in [6, 6.07) is 4.85. The molecule has 0 saturated carbocycles. The minimum atomic E-state index is -0.446. The molecule has 28 heavy (non-hydrogen) atoms. The van der Waals surface area contributed by atoms with E-state index in [1.165, 1.54) is 13.0 Å². The number of carbonyl (C=O) groups excluding carboxylic acids is 1. The van der Waals surface area contributed by atoms with Crippen LogP contribution in [0, 0.1) is 5.82 Å². The zero-order valence-electron chi connectivity index (χ0n) is 16.5. The molecule has 0 fully saturated rings. The van der Waals surface area contributed by atoms with Crippen LogP contribution < -0.4 is 14.8 Å². The van der Waals surface area contributed by atoms with E-state index < -0.39 is 5.82 Å². The van der Waals surface area contributed by atoms with E-state index >= 15 is 0 Å². The molecule has 2 heterocycles. The van der Waals surface area contributed by atoms with Crippen LogP contribution in [0.1, 0.15) is 26.3 Å². The standard InChI is InChI=1S/C20H25FN4O3/c1-13(26)23-12-20(2,3)15-11-22-17-10-16(21)18(9-14(15)17)27-7-8-28-19-5-6-25(4)24-19/h5-6,9-11,22H,7-8,12H2,1-4H3,(H,23,26). The maximum atomic E-state index is 14.4. The summed E-state index contributed by atoms with van der Waals surface area (Å²) in [5.41, 5.74) is 1.33. The number of rotatable bonds is 8. The molecule has 0 atom stereocenters. The first-order chi connectivity index (χ1) is 13.3. The van der Waals surface area contributed by atoms with Crippen LogP contribution >= 0.6 is 0 Å². The van der Waals surface area contributed by atoms with Gasteiger partial charge in [-0.3, -0.25) is 9.48 Å². The molecule has 1 amide bonds. The first-order valence-corrected chi connectivity index (χ1v) is 9.07. The smallest absolute Gasteiger partial charge is 0.232 e. The maximum absolute atomic E-state index is 14.4. The number of aromatic nitrogens is 3. The Kier molecular flexibility index (Phi) is 5.58. The number of ether oxygens (including phenoxy) is 2. The fourth-order valence-corrected chi connectivity index (χ4v) is 3.00. The molecule has 1 aromatic carbocycles. The molecule has 0 aliphatic carbocycles. The van der Waals surface area contributed by atoms with Gasteiger partial charge in [0.25, 0.3) is 0 Å². The molecule has 0 bridgehead atoms. The highest BCUT2D eigenvalue weighted by Crippen LogP contribution is 2.33. The Morgan fingerprint density at radius 1 is 1.32 bits per heavy atom. The second-order valence-corrected chi connectivity index (χ2v) is 7.35. The molecule has 2 N–H and O–H groups in total. The monoisotopic (exact) mass is 388 g/mol. The van der Waals surface area contributed by atoms with Gasteiger partial charge in [0.05, 0.1) is 0 Å². The normalized spacial score (nSPS) is 11.6. The third-order valence-corrected chi connectivity index (χ3v) is 4.52. The van der Waals surface area contributed by atoms with Gasteiger partial charge in [-0.2, -0.15) is 0 Å². The molecule has 0 saturated heterocycles. The number of aryl methyl sites for hydroxylation is 1. The number of amides is 1. The van der Waals surface area contributed by atoms with Crippen molar-refractivity contribution in [3.8, 4) is 11.6 Å². The van der Waals surface area contributed by atoms with Crippen LogP contribution in [0.2, 0.25) is 0 Å². The van der Waals surface area contributed by atoms with Gasteiger partial charge in [-0.1, -0.05) is 13.8 Å². The molecule has 8 heteroatoms. The number of nitrogens with one attached hydrogen (secondary N) is 2. The van der Waals surface area contributed by atoms with Gasteiger partial charge in [0.15, 0.2) is 11.6 Å². The lowest BCUT2D eigenvalue weighted by molar-refractivity contribution is -0.119. The van der Waals surface area contributed by atoms with Crippen LogP contribution in [0.5, 0.6) is 11.6 Å². The lowest BCUT2D eigenvalue weighted by Gasteiger charge is -2.24. The van der Waals surface area contributed by atoms with Crippen molar-refractivity contribution >= 4 is 16.8 Å². The first-order valence-electron chi connectivity index (χ1n) is 9.07. The van der Waals surface area contributed by atoms with Crippen LogP contribution in [-0.4, -0.2) is 40.4 Å². The summed E-state index contributed by atoms with van der Waals surface area (Å²) >= 11 is 0. The van der Waals surface area contributed by atoms with Gasteiger partial charge in [0.2, 0.25) is 11.8 Å². The molecule has 0 unspecified atom stereocenters. The number of aromatic amines is 1. The zero-order valence-corrected chi connectivity index (χ0v) is 16.5. The molecule has 3 rings (SSSR count). The molecular weight excluding hydrogens is 363 g/mol. The molecule has 150 valence electrons. The van der Waals surface area contributed by atoms with E-state index in [9.17, 15) is 9.18 Å². The highest BCUT2D eigenvalue weighted by atomic mass is 19.1. The lowest BCUT2D eigenvalue weighted by Crippen LogP contribution is -2.35. The van der Waals surface area contributed by atoms with Gasteiger partial charge in [0, 0.05) is 61.4 Å². The van der Waals surface area contributed by atoms with E-state index in [1.807, 2.05) is 20.0 Å². The van der Waals surface area contributed by atoms with Gasteiger partial charge < -0.3 is 19.8 Å². The summed E-state index contributed by atoms with van der Waals surface area (Å²) in [6.45, 7) is 6.45. The molecule has 0 aliphatic heterocycles. The van der Waals surface area contributed by atoms with E-state index in [1.54, 1.807) is 30.1 Å². The van der Waals surface area contributed by atoms with Crippen LogP contribution in [0.4, 0.5) is 4.39 Å². The maximum Gasteiger partial charge on any atom is 0.232 e. The van der Waals surface area contributed by atoms with Gasteiger partial charge >= 0.3 is 0 Å². The minimum Gasteiger partial charge on any atom is -0.487 e. The average Bonchev–Trinajstić information content (AvgIpc) is 3.23. The van der Waals surface area contributed by atoms with Gasteiger partial charge in [-0.25, -0.2) is 4.39 Å². The fourth-order valence-electron chi connectivity index (χ4n) is 3.00. The summed E-state index contributed by atoms with van der Waals surface area (Å²) in [4.78, 5) is 14.4. The van der Waals surface area contributed by atoms with E-state index in [4.69, 9.17) is 9.47 Å². The van der Waals surface area contributed by atoms with Crippen molar-refractivity contribution in [2.45, 2.75) is 26.2 Å². The predicted octanol–water partition coefficient (Wildman–Crippen LogP) is 2.91. The second-order valence-electron chi connectivity index (χ2n) is 7.35. The van der Waals surface area contributed by atoms with E-state index in [0.717, 1.165) is 10.9 Å². The molecule has 0 spiro atoms. The third-order valence-electron chi connectivity index (χ3n) is 4.52. The first kappa shape index (κ1) is 19.7. The number of halogens is 1. The number of nitrogens with zero attached hydrogens (tertiary/aromatic N) is 2. The lowest BCUT2D eigenvalue weighted by atomic mass is 9.84. The van der Waals surface area contributed by atoms with Crippen LogP contribution in [0.3, 0.4) is 0 Å². The van der Waals surface area contributed by atoms with Crippen molar-refractivity contribution in [3.63, 3.8) is 0 Å². The molecule has 7 nitrogen and oxygen atoms in total. The summed E-state index contributed by atoms with van der Waals surface area (Å²) in [6.07, 6.45) is 3.62. The van der Waals surface area contributed by atoms with Crippen molar-refractivity contribution in [2.75, 3.05) is 19.8 Å². The van der Waals surface area contributed by atoms with Gasteiger partial charge in [-0.15, -0.1) is 5.10 Å². The molecular formula is C20H25FN4O3. The Morgan fingerprint density at radius 2 is 2.07 bits per heavy atom. The average molecular weight is 388 g/mol. The topological polar surface area (TPSA) is 81.2 Å². The predicted molar refractivity (Wildman–Crippen MR) is 104 cm³/mol. The van der Waals surface area contributed by atoms with Crippen molar-refractivity contribution in [1.29, 1.82) is 0 Å². The van der Waals surface area contributed by atoms with Gasteiger partial charge in [0.1, 0.15) is 13.2 Å². The quantitative estimate of drug-likeness (QED) is 0.582. The van der Waals surface area contributed by atoms with E-state index in [2.05, 4.69) is 15.4 Å². The fraction of sp³-hybridized carbons (Fsp3) is 0.400. The van der Waals surface area contributed by atoms with Crippen molar-refractivity contribution in [1.82, 2.24) is 20.1 Å². The second kappa shape index (κ2) is 7.92. The van der Waals surface area contributed by atoms with E-state index in [-0.39, 0.29) is 30.3 Å². The summed E-state index contributed by atoms with van der Waals surface area (Å²) in [5, 5.41) is 7.81. The van der Waals surface area contributed by atoms with E-state index in [0.29, 0.717) is 17.9 Å². The summed E-state index contributed by atoms with van der Waals surface area (Å²) < 4.78 is 27.1. The number of hydrogen-bond acceptors (Lipinski definition) is 4. The van der Waals surface area contributed by atoms with Crippen LogP contribution in [-0.2, 0) is 17.3 Å². The zero-order chi connectivity index (χ0) is 20.3. The summed E-state index contributed by atoms with van der Waals surface area (Å²) in [5.74, 6) is 0.122. The summed E-state index contributed by atoms with van der Waals surface area (Å²) in [7, 11) is 1.80. The highest BCUT2D eigenvalue weighted by Gasteiger charge is 2.25. The Morgan fingerprint density at radius 3 is 2.75 bits per heavy atom. The number of H-pyrrole nitrogens is 1. The van der Waals surface area contributed by atoms with Crippen molar-refractivity contribution < 1.29 is 18.7 Å². The van der Waals surface area contributed by atoms with Crippen LogP contribution in [0.15, 0.2) is 30.6 Å². The Bertz CT molecular complexity index is 977. The molecule has 0 aliphatic rings. The number of benzene rings is 1. The third kappa shape index (κ3) is 4.44. The number of fused-ring (bicyclic) bond motifs is 1. The number of hydrogen-bond donors (Lipinski definition) is 2. The Labute approximate surface area is 162 Å². The molecule has 0 radical (unpaired) electrons. The Hall–Kier alpha value is -3.03. The Balaban J connectivity index is 1.72. The minimum absolute atomic E-state index is 0.0871. The van der Waals surface area contributed by atoms with Gasteiger partial charge in [-0.05, 0) is 11.6 Å². The number of carbonyl (C=O) groups is 1. The van der Waals surface area contributed by atoms with Crippen LogP contribution in [0.25, 0.3) is 10.9 Å². The molecule has 3 aromatic rings. The molecule has 2 aromatic heterocycles. The largest absolute Gasteiger partial charge is 0.487 e. The van der Waals surface area contributed by atoms with Crippen molar-refractivity contribution in [3.05, 3.63) is 42.0 Å².